The monoisotopic (exact) mass is 1630 g/mol. The third-order valence-electron chi connectivity index (χ3n) is 27.8. The number of hydrogen-bond acceptors (Lipinski definition) is 2. The molecule has 20 aromatic rings. The molecule has 0 radical (unpaired) electrons. The number of benzene rings is 20. The van der Waals surface area contributed by atoms with Crippen LogP contribution in [0.15, 0.2) is 364 Å². The minimum Gasteiger partial charge on any atom is -0.310 e. The first-order chi connectivity index (χ1) is 61.1. The van der Waals surface area contributed by atoms with Gasteiger partial charge in [0.15, 0.2) is 0 Å². The van der Waals surface area contributed by atoms with E-state index in [4.69, 9.17) is 0 Å². The van der Waals surface area contributed by atoms with E-state index in [1.807, 2.05) is 0 Å². The van der Waals surface area contributed by atoms with Crippen molar-refractivity contribution in [1.29, 1.82) is 0 Å². The topological polar surface area (TPSA) is 6.48 Å². The molecule has 20 aromatic carbocycles. The van der Waals surface area contributed by atoms with Gasteiger partial charge in [0.25, 0.3) is 6.71 Å². The molecule has 2 heterocycles. The molecule has 0 atom stereocenters. The van der Waals surface area contributed by atoms with E-state index in [-0.39, 0.29) is 33.8 Å². The molecule has 2 aliphatic heterocycles. The predicted octanol–water partition coefficient (Wildman–Crippen LogP) is 33.1. The average molecular weight is 1630 g/mol. The summed E-state index contributed by atoms with van der Waals surface area (Å²) in [5.41, 5.74) is 36.9. The summed E-state index contributed by atoms with van der Waals surface area (Å²) in [5.74, 6) is 0. The van der Waals surface area contributed by atoms with Gasteiger partial charge in [0.2, 0.25) is 0 Å². The number of nitrogens with zero attached hydrogens (tertiary/aromatic N) is 2. The molecule has 3 heteroatoms. The van der Waals surface area contributed by atoms with Gasteiger partial charge in [-0.1, -0.05) is 395 Å². The number of anilines is 6. The fourth-order valence-electron chi connectivity index (χ4n) is 20.9. The zero-order valence-corrected chi connectivity index (χ0v) is 75.6. The van der Waals surface area contributed by atoms with Crippen molar-refractivity contribution in [3.63, 3.8) is 0 Å². The third-order valence-corrected chi connectivity index (χ3v) is 27.8. The summed E-state index contributed by atoms with van der Waals surface area (Å²) < 4.78 is 0. The molecule has 22 rings (SSSR count). The highest BCUT2D eigenvalue weighted by molar-refractivity contribution is 7.00. The fourth-order valence-corrected chi connectivity index (χ4v) is 20.9. The van der Waals surface area contributed by atoms with Crippen molar-refractivity contribution in [3.05, 3.63) is 392 Å². The lowest BCUT2D eigenvalue weighted by atomic mass is 9.33. The lowest BCUT2D eigenvalue weighted by Gasteiger charge is -2.46. The molecule has 0 amide bonds. The molecule has 0 saturated carbocycles. The van der Waals surface area contributed by atoms with Crippen LogP contribution in [0, 0.1) is 0 Å². The highest BCUT2D eigenvalue weighted by Crippen LogP contribution is 2.57. The second-order valence-electron chi connectivity index (χ2n) is 41.3. The maximum Gasteiger partial charge on any atom is 0.252 e. The Morgan fingerprint density at radius 1 is 0.181 bits per heavy atom. The smallest absolute Gasteiger partial charge is 0.252 e. The van der Waals surface area contributed by atoms with Crippen LogP contribution >= 0.6 is 0 Å². The Morgan fingerprint density at radius 3 is 0.764 bits per heavy atom. The van der Waals surface area contributed by atoms with Crippen molar-refractivity contribution >= 4 is 122 Å². The summed E-state index contributed by atoms with van der Waals surface area (Å²) >= 11 is 0. The van der Waals surface area contributed by atoms with Gasteiger partial charge >= 0.3 is 0 Å². The Balaban J connectivity index is 0.949. The number of fused-ring (bicyclic) bond motifs is 4. The van der Waals surface area contributed by atoms with Gasteiger partial charge in [0, 0.05) is 45.0 Å². The minimum atomic E-state index is -0.380. The lowest BCUT2D eigenvalue weighted by Crippen LogP contribution is -2.61. The molecular weight excluding hydrogens is 1530 g/mol. The lowest BCUT2D eigenvalue weighted by molar-refractivity contribution is 0.590. The first-order valence-corrected chi connectivity index (χ1v) is 45.5. The molecule has 0 spiro atoms. The van der Waals surface area contributed by atoms with E-state index in [0.717, 1.165) is 112 Å². The average Bonchev–Trinajstić information content (AvgIpc) is 0.683. The molecule has 2 nitrogen and oxygen atoms in total. The van der Waals surface area contributed by atoms with Crippen LogP contribution in [0.4, 0.5) is 34.1 Å². The summed E-state index contributed by atoms with van der Waals surface area (Å²) in [5, 5.41) is 15.4. The van der Waals surface area contributed by atoms with Crippen LogP contribution in [0.3, 0.4) is 0 Å². The highest BCUT2D eigenvalue weighted by atomic mass is 15.2. The number of hydrogen-bond donors (Lipinski definition) is 0. The molecule has 127 heavy (non-hydrogen) atoms. The van der Waals surface area contributed by atoms with Gasteiger partial charge in [0.05, 0.1) is 11.4 Å². The molecule has 0 unspecified atom stereocenters. The molecule has 0 fully saturated rings. The van der Waals surface area contributed by atoms with Crippen LogP contribution in [0.5, 0.6) is 0 Å². The summed E-state index contributed by atoms with van der Waals surface area (Å²) in [7, 11) is 0. The van der Waals surface area contributed by atoms with Crippen molar-refractivity contribution in [2.24, 2.45) is 0 Å². The van der Waals surface area contributed by atoms with Gasteiger partial charge in [-0.15, -0.1) is 0 Å². The molecule has 0 aliphatic carbocycles. The molecule has 2 aliphatic rings. The Bertz CT molecular complexity index is 7210. The second-order valence-corrected chi connectivity index (χ2v) is 41.3. The van der Waals surface area contributed by atoms with Crippen LogP contribution in [0.25, 0.3) is 165 Å². The zero-order valence-electron chi connectivity index (χ0n) is 75.6. The molecule has 0 N–H and O–H groups in total. The SMILES string of the molecule is CC(C)(C)c1ccc(-c2cc3c4c(c2)N(c2c(-c5ccccc5)cc(-c5ccccc5)cc2-c2ccccc2)c2ccc(-c5cc6cc(C(C)(C)C)cc7ccc8cc(C(C)(C)C)cc5c8c76)cc2B4c2cc(-c4cc5cc(C(C)(C)C)cc6ccc7cc(C(C)(C)C)cc4c7c65)ccc2N3c2c(-c3ccccc3)cc(-c3ccccc3)cc2-c2ccccc2)cc1. The highest BCUT2D eigenvalue weighted by Gasteiger charge is 2.47. The molecule has 614 valence electrons. The van der Waals surface area contributed by atoms with E-state index in [9.17, 15) is 0 Å². The van der Waals surface area contributed by atoms with Gasteiger partial charge in [-0.2, -0.15) is 0 Å². The quantitative estimate of drug-likeness (QED) is 0.0941. The van der Waals surface area contributed by atoms with Gasteiger partial charge < -0.3 is 9.80 Å². The van der Waals surface area contributed by atoms with E-state index >= 15 is 0 Å². The maximum atomic E-state index is 2.75. The maximum absolute atomic E-state index is 2.75. The van der Waals surface area contributed by atoms with E-state index in [2.05, 4.69) is 478 Å². The first kappa shape index (κ1) is 79.1. The third kappa shape index (κ3) is 13.4. The summed E-state index contributed by atoms with van der Waals surface area (Å²) in [4.78, 5) is 5.51. The van der Waals surface area contributed by atoms with Crippen LogP contribution in [-0.4, -0.2) is 6.71 Å². The molecular formula is C124H105BN2. The van der Waals surface area contributed by atoms with Crippen LogP contribution < -0.4 is 26.2 Å². The summed E-state index contributed by atoms with van der Waals surface area (Å²) in [6.07, 6.45) is 0. The van der Waals surface area contributed by atoms with Crippen LogP contribution in [-0.2, 0) is 27.1 Å². The van der Waals surface area contributed by atoms with Crippen molar-refractivity contribution in [1.82, 2.24) is 0 Å². The minimum absolute atomic E-state index is 0.0875. The van der Waals surface area contributed by atoms with Crippen molar-refractivity contribution < 1.29 is 0 Å². The Hall–Kier alpha value is -13.9. The first-order valence-electron chi connectivity index (χ1n) is 45.5. The second kappa shape index (κ2) is 29.4. The van der Waals surface area contributed by atoms with Crippen molar-refractivity contribution in [3.8, 4) is 100 Å². The predicted molar refractivity (Wildman–Crippen MR) is 550 cm³/mol. The molecule has 0 aromatic heterocycles. The summed E-state index contributed by atoms with van der Waals surface area (Å²) in [6, 6.07) is 142. The largest absolute Gasteiger partial charge is 0.310 e. The van der Waals surface area contributed by atoms with Crippen LogP contribution in [0.1, 0.15) is 132 Å². The van der Waals surface area contributed by atoms with Gasteiger partial charge in [-0.25, -0.2) is 0 Å². The number of rotatable bonds is 11. The Morgan fingerprint density at radius 2 is 0.449 bits per heavy atom. The molecule has 0 bridgehead atoms. The van der Waals surface area contributed by atoms with Crippen molar-refractivity contribution in [2.75, 3.05) is 9.80 Å². The normalized spacial score (nSPS) is 13.1. The standard InChI is InChI=1S/C124H105BN2/c1-120(2,3)94-54-50-78(51-55-94)91-72-111-117-112(73-91)127(119-103(81-42-30-20-31-43-81)66-90(77-36-24-17-25-37-77)67-104(119)82-44-32-21-33-45-82)110-57-53-84(100-69-93-63-96(122(7,8)9)59-86-47-49-88-61-98(124(13,14)15)75-106(100)116(88)114(86)93)71-108(110)125(117)107-70-83(99-68-92-62-95(121(4,5)6)58-85-46-48-87-60-97(123(10,11)12)74-105(99)115(87)113(85)92)52-56-109(107)126(111)118-101(79-38-26-18-27-39-79)64-89(76-34-22-16-23-35-76)65-102(118)80-40-28-19-29-41-80/h16-75H,1-15H3. The fraction of sp³-hybridized carbons (Fsp3) is 0.161. The van der Waals surface area contributed by atoms with Gasteiger partial charge in [-0.05, 0) is 287 Å². The van der Waals surface area contributed by atoms with Crippen molar-refractivity contribution in [2.45, 2.75) is 131 Å². The summed E-state index contributed by atoms with van der Waals surface area (Å²) in [6.45, 7) is 35.0. The van der Waals surface area contributed by atoms with E-state index in [1.165, 1.54) is 131 Å². The molecule has 0 saturated heterocycles. The van der Waals surface area contributed by atoms with E-state index in [1.54, 1.807) is 0 Å². The Kier molecular flexibility index (Phi) is 18.3. The zero-order chi connectivity index (χ0) is 87.1. The Labute approximate surface area is 749 Å². The van der Waals surface area contributed by atoms with E-state index in [0.29, 0.717) is 0 Å². The van der Waals surface area contributed by atoms with Gasteiger partial charge in [0.1, 0.15) is 0 Å². The van der Waals surface area contributed by atoms with E-state index < -0.39 is 0 Å². The van der Waals surface area contributed by atoms with Crippen LogP contribution in [0.2, 0.25) is 0 Å². The van der Waals surface area contributed by atoms with Gasteiger partial charge in [-0.3, -0.25) is 0 Å².